The van der Waals surface area contributed by atoms with Crippen LogP contribution in [0, 0.1) is 5.92 Å². The van der Waals surface area contributed by atoms with Crippen LogP contribution in [-0.2, 0) is 19.7 Å². The van der Waals surface area contributed by atoms with Gasteiger partial charge < -0.3 is 0 Å². The number of carbonyl (C=O) groups is 1. The first-order valence-electron chi connectivity index (χ1n) is 9.24. The van der Waals surface area contributed by atoms with E-state index in [0.29, 0.717) is 15.1 Å². The second-order valence-corrected chi connectivity index (χ2v) is 12.4. The lowest BCUT2D eigenvalue weighted by Crippen LogP contribution is -2.31. The Hall–Kier alpha value is -1.90. The number of hydrogen-bond donors (Lipinski definition) is 0. The Labute approximate surface area is 201 Å². The van der Waals surface area contributed by atoms with Gasteiger partial charge in [-0.3, -0.25) is 4.79 Å². The third kappa shape index (κ3) is 6.11. The molecule has 0 aromatic heterocycles. The quantitative estimate of drug-likeness (QED) is 0.364. The van der Waals surface area contributed by atoms with Gasteiger partial charge in [0.1, 0.15) is 0 Å². The third-order valence-corrected chi connectivity index (χ3v) is 9.11. The van der Waals surface area contributed by atoms with Crippen LogP contribution in [0.3, 0.4) is 0 Å². The first kappa shape index (κ1) is 24.7. The summed E-state index contributed by atoms with van der Waals surface area (Å²) >= 11 is 17.5. The first-order valence-corrected chi connectivity index (χ1v) is 13.7. The van der Waals surface area contributed by atoms with Crippen molar-refractivity contribution in [2.45, 2.75) is 9.79 Å². The summed E-state index contributed by atoms with van der Waals surface area (Å²) < 4.78 is 51.9. The van der Waals surface area contributed by atoms with Gasteiger partial charge in [0.15, 0.2) is 25.5 Å². The maximum Gasteiger partial charge on any atom is 0.179 e. The average Bonchev–Trinajstić information content (AvgIpc) is 2.73. The van der Waals surface area contributed by atoms with Gasteiger partial charge in [-0.25, -0.2) is 16.8 Å². The molecule has 5 nitrogen and oxygen atoms in total. The van der Waals surface area contributed by atoms with Crippen molar-refractivity contribution in [2.24, 2.45) is 5.92 Å². The lowest BCUT2D eigenvalue weighted by molar-refractivity contribution is 0.0942. The summed E-state index contributed by atoms with van der Waals surface area (Å²) in [5.74, 6) is -3.35. The molecule has 0 radical (unpaired) electrons. The average molecular weight is 532 g/mol. The SMILES string of the molecule is O=C(c1ccc(Cl)cc1)C(CS(=O)(=O)c1ccc(Cl)cc1)CS(=O)(=O)c1ccc(Cl)cc1. The number of halogens is 3. The molecule has 0 unspecified atom stereocenters. The van der Waals surface area contributed by atoms with Crippen molar-refractivity contribution >= 4 is 60.3 Å². The van der Waals surface area contributed by atoms with Crippen molar-refractivity contribution in [2.75, 3.05) is 11.5 Å². The molecule has 0 bridgehead atoms. The monoisotopic (exact) mass is 530 g/mol. The number of sulfone groups is 2. The van der Waals surface area contributed by atoms with E-state index in [4.69, 9.17) is 34.8 Å². The van der Waals surface area contributed by atoms with E-state index in [1.165, 1.54) is 72.8 Å². The first-order chi connectivity index (χ1) is 15.0. The van der Waals surface area contributed by atoms with Crippen LogP contribution in [0.5, 0.6) is 0 Å². The second-order valence-electron chi connectivity index (χ2n) is 7.04. The van der Waals surface area contributed by atoms with Gasteiger partial charge in [0, 0.05) is 20.6 Å². The molecule has 3 aromatic carbocycles. The van der Waals surface area contributed by atoms with Gasteiger partial charge in [-0.2, -0.15) is 0 Å². The Balaban J connectivity index is 1.98. The lowest BCUT2D eigenvalue weighted by Gasteiger charge is -2.17. The fourth-order valence-electron chi connectivity index (χ4n) is 3.06. The predicted octanol–water partition coefficient (Wildman–Crippen LogP) is 5.39. The Kier molecular flexibility index (Phi) is 7.68. The van der Waals surface area contributed by atoms with Crippen molar-refractivity contribution in [3.05, 3.63) is 93.4 Å². The molecule has 0 amide bonds. The second kappa shape index (κ2) is 9.93. The minimum atomic E-state index is -3.99. The van der Waals surface area contributed by atoms with Gasteiger partial charge in [-0.05, 0) is 72.8 Å². The molecule has 0 saturated carbocycles. The summed E-state index contributed by atoms with van der Waals surface area (Å²) in [5, 5.41) is 1.09. The Bertz CT molecular complexity index is 1240. The number of rotatable bonds is 8. The van der Waals surface area contributed by atoms with E-state index >= 15 is 0 Å². The van der Waals surface area contributed by atoms with Gasteiger partial charge in [0.2, 0.25) is 0 Å². The van der Waals surface area contributed by atoms with Gasteiger partial charge in [-0.15, -0.1) is 0 Å². The molecular formula is C22H17Cl3O5S2. The summed E-state index contributed by atoms with van der Waals surface area (Å²) in [6, 6.07) is 16.7. The van der Waals surface area contributed by atoms with Crippen LogP contribution in [0.25, 0.3) is 0 Å². The zero-order valence-electron chi connectivity index (χ0n) is 16.4. The summed E-state index contributed by atoms with van der Waals surface area (Å²) in [5.41, 5.74) is 0.164. The number of Topliss-reactive ketones (excluding diaryl/α,β-unsaturated/α-hetero) is 1. The van der Waals surface area contributed by atoms with E-state index in [9.17, 15) is 21.6 Å². The van der Waals surface area contributed by atoms with Crippen LogP contribution in [0.1, 0.15) is 10.4 Å². The molecule has 10 heteroatoms. The highest BCUT2D eigenvalue weighted by atomic mass is 35.5. The molecule has 168 valence electrons. The minimum Gasteiger partial charge on any atom is -0.294 e. The molecule has 0 heterocycles. The van der Waals surface area contributed by atoms with Crippen molar-refractivity contribution < 1.29 is 21.6 Å². The molecule has 3 rings (SSSR count). The van der Waals surface area contributed by atoms with Crippen LogP contribution in [-0.4, -0.2) is 34.1 Å². The van der Waals surface area contributed by atoms with Crippen LogP contribution in [0.15, 0.2) is 82.6 Å². The number of carbonyl (C=O) groups excluding carboxylic acids is 1. The van der Waals surface area contributed by atoms with Crippen LogP contribution >= 0.6 is 34.8 Å². The van der Waals surface area contributed by atoms with Gasteiger partial charge >= 0.3 is 0 Å². The van der Waals surface area contributed by atoms with Crippen molar-refractivity contribution in [3.63, 3.8) is 0 Å². The summed E-state index contributed by atoms with van der Waals surface area (Å²) in [6.07, 6.45) is 0. The Morgan fingerprint density at radius 2 is 0.906 bits per heavy atom. The van der Waals surface area contributed by atoms with Gasteiger partial charge in [0.25, 0.3) is 0 Å². The summed E-state index contributed by atoms with van der Waals surface area (Å²) in [6.45, 7) is 0. The van der Waals surface area contributed by atoms with Crippen molar-refractivity contribution in [3.8, 4) is 0 Å². The molecule has 0 atom stereocenters. The number of ketones is 1. The van der Waals surface area contributed by atoms with Gasteiger partial charge in [0.05, 0.1) is 27.2 Å². The Morgan fingerprint density at radius 1 is 0.594 bits per heavy atom. The molecule has 32 heavy (non-hydrogen) atoms. The molecule has 0 aliphatic rings. The van der Waals surface area contributed by atoms with E-state index in [-0.39, 0.29) is 15.4 Å². The normalized spacial score (nSPS) is 12.1. The van der Waals surface area contributed by atoms with Crippen LogP contribution in [0.4, 0.5) is 0 Å². The van der Waals surface area contributed by atoms with Crippen molar-refractivity contribution in [1.82, 2.24) is 0 Å². The molecule has 0 fully saturated rings. The topological polar surface area (TPSA) is 85.3 Å². The fraction of sp³-hybridized carbons (Fsp3) is 0.136. The molecule has 0 aliphatic carbocycles. The third-order valence-electron chi connectivity index (χ3n) is 4.69. The van der Waals surface area contributed by atoms with Crippen molar-refractivity contribution in [1.29, 1.82) is 0 Å². The molecule has 0 aliphatic heterocycles. The predicted molar refractivity (Wildman–Crippen MR) is 126 cm³/mol. The van der Waals surface area contributed by atoms with E-state index in [0.717, 1.165) is 0 Å². The van der Waals surface area contributed by atoms with Crippen LogP contribution < -0.4 is 0 Å². The maximum atomic E-state index is 13.2. The standard InChI is InChI=1S/C22H17Cl3O5S2/c23-17-3-1-15(2-4-17)22(26)16(13-31(27,28)20-9-5-18(24)6-10-20)14-32(29,30)21-11-7-19(25)8-12-21/h1-12,16H,13-14H2. The molecule has 0 spiro atoms. The minimum absolute atomic E-state index is 0.0558. The number of hydrogen-bond acceptors (Lipinski definition) is 5. The van der Waals surface area contributed by atoms with Gasteiger partial charge in [-0.1, -0.05) is 34.8 Å². The highest BCUT2D eigenvalue weighted by Crippen LogP contribution is 2.24. The zero-order chi connectivity index (χ0) is 23.5. The molecular weight excluding hydrogens is 515 g/mol. The molecule has 0 N–H and O–H groups in total. The fourth-order valence-corrected chi connectivity index (χ4v) is 6.67. The summed E-state index contributed by atoms with van der Waals surface area (Å²) in [4.78, 5) is 13.1. The summed E-state index contributed by atoms with van der Waals surface area (Å²) in [7, 11) is -7.98. The smallest absolute Gasteiger partial charge is 0.179 e. The Morgan fingerprint density at radius 3 is 1.25 bits per heavy atom. The largest absolute Gasteiger partial charge is 0.294 e. The highest BCUT2D eigenvalue weighted by Gasteiger charge is 2.32. The molecule has 3 aromatic rings. The lowest BCUT2D eigenvalue weighted by atomic mass is 10.0. The van der Waals surface area contributed by atoms with E-state index in [1.807, 2.05) is 0 Å². The maximum absolute atomic E-state index is 13.2. The van der Waals surface area contributed by atoms with E-state index < -0.39 is 42.9 Å². The van der Waals surface area contributed by atoms with E-state index in [2.05, 4.69) is 0 Å². The zero-order valence-corrected chi connectivity index (χ0v) is 20.3. The molecule has 0 saturated heterocycles. The van der Waals surface area contributed by atoms with Crippen LogP contribution in [0.2, 0.25) is 15.1 Å². The number of benzene rings is 3. The van der Waals surface area contributed by atoms with E-state index in [1.54, 1.807) is 0 Å². The highest BCUT2D eigenvalue weighted by molar-refractivity contribution is 7.92.